The lowest BCUT2D eigenvalue weighted by atomic mass is 10.0. The van der Waals surface area contributed by atoms with Gasteiger partial charge in [0, 0.05) is 0 Å². The van der Waals surface area contributed by atoms with Crippen LogP contribution in [0.4, 0.5) is 0 Å². The first-order valence-corrected chi connectivity index (χ1v) is 8.59. The Hall–Kier alpha value is -3.22. The Morgan fingerprint density at radius 2 is 1.10 bits per heavy atom. The molecule has 0 aliphatic heterocycles. The molecule has 0 spiro atoms. The molecule has 0 aliphatic carbocycles. The van der Waals surface area contributed by atoms with Crippen LogP contribution in [-0.4, -0.2) is 75.1 Å². The van der Waals surface area contributed by atoms with E-state index < -0.39 is 78.6 Å². The minimum atomic E-state index is -1.70. The summed E-state index contributed by atoms with van der Waals surface area (Å²) >= 11 is 0. The molecule has 0 fully saturated rings. The van der Waals surface area contributed by atoms with Crippen molar-refractivity contribution in [1.29, 1.82) is 0 Å². The van der Waals surface area contributed by atoms with Crippen molar-refractivity contribution < 1.29 is 44.1 Å². The van der Waals surface area contributed by atoms with Crippen molar-refractivity contribution in [1.82, 2.24) is 16.0 Å². The van der Waals surface area contributed by atoms with Crippen molar-refractivity contribution in [3.8, 4) is 0 Å². The van der Waals surface area contributed by atoms with Crippen molar-refractivity contribution in [2.75, 3.05) is 0 Å². The lowest BCUT2D eigenvalue weighted by Crippen LogP contribution is -2.58. The van der Waals surface area contributed by atoms with Crippen molar-refractivity contribution in [3.63, 3.8) is 0 Å². The van der Waals surface area contributed by atoms with Crippen LogP contribution in [0.1, 0.15) is 33.6 Å². The number of carbonyl (C=O) groups is 6. The van der Waals surface area contributed by atoms with Gasteiger partial charge in [-0.05, 0) is 12.8 Å². The van der Waals surface area contributed by atoms with Crippen LogP contribution in [0.2, 0.25) is 0 Å². The van der Waals surface area contributed by atoms with Gasteiger partial charge in [0.2, 0.25) is 17.7 Å². The van der Waals surface area contributed by atoms with Crippen molar-refractivity contribution in [2.24, 2.45) is 11.7 Å². The van der Waals surface area contributed by atoms with Crippen LogP contribution in [0.3, 0.4) is 0 Å². The third kappa shape index (κ3) is 9.51. The first-order chi connectivity index (χ1) is 13.3. The minimum absolute atomic E-state index is 0.539. The minimum Gasteiger partial charge on any atom is -0.481 e. The van der Waals surface area contributed by atoms with E-state index in [1.807, 2.05) is 5.32 Å². The molecule has 0 aromatic heterocycles. The third-order valence-electron chi connectivity index (χ3n) is 3.67. The number of carbonyl (C=O) groups excluding carboxylic acids is 3. The molecular weight excluding hydrogens is 392 g/mol. The highest BCUT2D eigenvalue weighted by atomic mass is 16.4. The summed E-state index contributed by atoms with van der Waals surface area (Å²) in [5, 5.41) is 33.3. The number of rotatable bonds is 12. The third-order valence-corrected chi connectivity index (χ3v) is 3.67. The average molecular weight is 418 g/mol. The summed E-state index contributed by atoms with van der Waals surface area (Å²) in [7, 11) is 0. The van der Waals surface area contributed by atoms with E-state index in [1.165, 1.54) is 20.8 Å². The van der Waals surface area contributed by atoms with Gasteiger partial charge in [-0.25, -0.2) is 4.79 Å². The highest BCUT2D eigenvalue weighted by molar-refractivity contribution is 5.96. The monoisotopic (exact) mass is 418 g/mol. The number of hydrogen-bond acceptors (Lipinski definition) is 7. The highest BCUT2D eigenvalue weighted by Crippen LogP contribution is 2.04. The van der Waals surface area contributed by atoms with E-state index in [-0.39, 0.29) is 0 Å². The summed E-state index contributed by atoms with van der Waals surface area (Å²) in [6.45, 7) is 4.32. The molecule has 0 aromatic rings. The van der Waals surface area contributed by atoms with Gasteiger partial charge in [-0.3, -0.25) is 24.0 Å². The molecule has 0 heterocycles. The molecule has 0 rings (SSSR count). The van der Waals surface area contributed by atoms with Crippen molar-refractivity contribution >= 4 is 35.6 Å². The fourth-order valence-electron chi connectivity index (χ4n) is 2.11. The zero-order chi connectivity index (χ0) is 22.9. The molecule has 0 bridgehead atoms. The maximum atomic E-state index is 12.4. The van der Waals surface area contributed by atoms with E-state index in [1.54, 1.807) is 0 Å². The maximum absolute atomic E-state index is 12.4. The molecule has 0 radical (unpaired) electrons. The summed E-state index contributed by atoms with van der Waals surface area (Å²) in [5.41, 5.74) is 5.35. The zero-order valence-corrected chi connectivity index (χ0v) is 16.2. The standard InChI is InChI=1S/C16H26N4O9/c1-6(2)12(16(28)29)20-15(27)9(5-11(23)24)19-14(26)8(4-10(21)22)18-13(25)7(3)17/h6-9,12H,4-5,17H2,1-3H3,(H,18,25)(H,19,26)(H,20,27)(H,21,22)(H,23,24)(H,28,29). The summed E-state index contributed by atoms with van der Waals surface area (Å²) < 4.78 is 0. The van der Waals surface area contributed by atoms with Crippen LogP contribution in [0.15, 0.2) is 0 Å². The highest BCUT2D eigenvalue weighted by Gasteiger charge is 2.32. The van der Waals surface area contributed by atoms with Gasteiger partial charge < -0.3 is 37.0 Å². The maximum Gasteiger partial charge on any atom is 0.326 e. The first kappa shape index (κ1) is 25.8. The number of carboxylic acids is 3. The fourth-order valence-corrected chi connectivity index (χ4v) is 2.11. The van der Waals surface area contributed by atoms with Crippen LogP contribution in [-0.2, 0) is 28.8 Å². The normalized spacial score (nSPS) is 14.8. The fraction of sp³-hybridized carbons (Fsp3) is 0.625. The second-order valence-corrected chi connectivity index (χ2v) is 6.68. The number of amides is 3. The predicted molar refractivity (Wildman–Crippen MR) is 96.4 cm³/mol. The summed E-state index contributed by atoms with van der Waals surface area (Å²) in [6, 6.07) is -5.73. The van der Waals surface area contributed by atoms with Crippen LogP contribution < -0.4 is 21.7 Å². The lowest BCUT2D eigenvalue weighted by molar-refractivity contribution is -0.145. The molecule has 8 N–H and O–H groups in total. The second kappa shape index (κ2) is 11.6. The molecule has 0 aliphatic rings. The van der Waals surface area contributed by atoms with Gasteiger partial charge in [-0.15, -0.1) is 0 Å². The Morgan fingerprint density at radius 1 is 0.724 bits per heavy atom. The first-order valence-electron chi connectivity index (χ1n) is 8.59. The SMILES string of the molecule is CC(N)C(=O)NC(CC(=O)O)C(=O)NC(CC(=O)O)C(=O)NC(C(=O)O)C(C)C. The summed E-state index contributed by atoms with van der Waals surface area (Å²) in [5.74, 6) is -7.88. The molecule has 4 atom stereocenters. The molecule has 13 heteroatoms. The van der Waals surface area contributed by atoms with Gasteiger partial charge in [-0.2, -0.15) is 0 Å². The van der Waals surface area contributed by atoms with Gasteiger partial charge >= 0.3 is 17.9 Å². The lowest BCUT2D eigenvalue weighted by Gasteiger charge is -2.24. The largest absolute Gasteiger partial charge is 0.481 e. The summed E-state index contributed by atoms with van der Waals surface area (Å²) in [4.78, 5) is 69.6. The Kier molecular flexibility index (Phi) is 10.3. The van der Waals surface area contributed by atoms with Crippen LogP contribution >= 0.6 is 0 Å². The molecule has 4 unspecified atom stereocenters. The predicted octanol–water partition coefficient (Wildman–Crippen LogP) is -2.52. The van der Waals surface area contributed by atoms with Gasteiger partial charge in [0.15, 0.2) is 0 Å². The molecule has 13 nitrogen and oxygen atoms in total. The Labute approximate surface area is 166 Å². The van der Waals surface area contributed by atoms with Crippen molar-refractivity contribution in [2.45, 2.75) is 57.8 Å². The van der Waals surface area contributed by atoms with Crippen LogP contribution in [0.25, 0.3) is 0 Å². The zero-order valence-electron chi connectivity index (χ0n) is 16.2. The Balaban J connectivity index is 5.48. The molecule has 0 saturated carbocycles. The van der Waals surface area contributed by atoms with Gasteiger partial charge in [-0.1, -0.05) is 13.8 Å². The Morgan fingerprint density at radius 3 is 1.41 bits per heavy atom. The number of carboxylic acid groups (broad SMARTS) is 3. The van der Waals surface area contributed by atoms with Gasteiger partial charge in [0.05, 0.1) is 18.9 Å². The molecule has 0 aromatic carbocycles. The van der Waals surface area contributed by atoms with E-state index in [4.69, 9.17) is 21.1 Å². The van der Waals surface area contributed by atoms with Gasteiger partial charge in [0.1, 0.15) is 18.1 Å². The number of hydrogen-bond donors (Lipinski definition) is 7. The molecule has 3 amide bonds. The van der Waals surface area contributed by atoms with Crippen LogP contribution in [0.5, 0.6) is 0 Å². The van der Waals surface area contributed by atoms with E-state index in [0.29, 0.717) is 0 Å². The van der Waals surface area contributed by atoms with Crippen molar-refractivity contribution in [3.05, 3.63) is 0 Å². The number of nitrogens with two attached hydrogens (primary N) is 1. The smallest absolute Gasteiger partial charge is 0.326 e. The molecule has 164 valence electrons. The number of nitrogens with one attached hydrogen (secondary N) is 3. The summed E-state index contributed by atoms with van der Waals surface area (Å²) in [6.07, 6.45) is -1.75. The average Bonchev–Trinajstić information content (AvgIpc) is 2.56. The van der Waals surface area contributed by atoms with E-state index in [9.17, 15) is 28.8 Å². The van der Waals surface area contributed by atoms with E-state index in [2.05, 4.69) is 10.6 Å². The second-order valence-electron chi connectivity index (χ2n) is 6.68. The quantitative estimate of drug-likeness (QED) is 0.176. The topological polar surface area (TPSA) is 225 Å². The van der Waals surface area contributed by atoms with Gasteiger partial charge in [0.25, 0.3) is 0 Å². The van der Waals surface area contributed by atoms with Crippen LogP contribution in [0, 0.1) is 5.92 Å². The molecular formula is C16H26N4O9. The Bertz CT molecular complexity index is 663. The molecule has 29 heavy (non-hydrogen) atoms. The number of aliphatic carboxylic acids is 3. The van der Waals surface area contributed by atoms with E-state index in [0.717, 1.165) is 0 Å². The van der Waals surface area contributed by atoms with E-state index >= 15 is 0 Å². The molecule has 0 saturated heterocycles.